The van der Waals surface area contributed by atoms with Crippen molar-refractivity contribution in [2.75, 3.05) is 40.5 Å². The summed E-state index contributed by atoms with van der Waals surface area (Å²) in [5, 5.41) is 9.74. The van der Waals surface area contributed by atoms with Gasteiger partial charge in [0.2, 0.25) is 0 Å². The fraction of sp³-hybridized carbons (Fsp3) is 0.714. The summed E-state index contributed by atoms with van der Waals surface area (Å²) in [6.07, 6.45) is 6.57. The Balaban J connectivity index is 1.83. The van der Waals surface area contributed by atoms with Gasteiger partial charge < -0.3 is 19.3 Å². The lowest BCUT2D eigenvalue weighted by Crippen LogP contribution is -2.33. The first-order chi connectivity index (χ1) is 12.7. The first-order valence-electron chi connectivity index (χ1n) is 9.89. The Morgan fingerprint density at radius 2 is 2.00 bits per heavy atom. The number of hydrogen-bond acceptors (Lipinski definition) is 5. The number of rotatable bonds is 12. The van der Waals surface area contributed by atoms with Crippen LogP contribution in [0.15, 0.2) is 18.2 Å². The second-order valence-corrected chi connectivity index (χ2v) is 7.13. The van der Waals surface area contributed by atoms with E-state index in [4.69, 9.17) is 14.2 Å². The molecule has 2 atom stereocenters. The summed E-state index contributed by atoms with van der Waals surface area (Å²) in [5.41, 5.74) is 1.19. The molecule has 1 aliphatic rings. The zero-order valence-corrected chi connectivity index (χ0v) is 16.6. The van der Waals surface area contributed by atoms with Gasteiger partial charge in [-0.2, -0.15) is 0 Å². The topological polar surface area (TPSA) is 51.2 Å². The molecular formula is C21H35NO4. The third kappa shape index (κ3) is 6.78. The summed E-state index contributed by atoms with van der Waals surface area (Å²) in [6.45, 7) is 5.60. The number of ether oxygens (including phenoxy) is 3. The molecule has 5 nitrogen and oxygen atoms in total. The maximum absolute atomic E-state index is 9.74. The lowest BCUT2D eigenvalue weighted by molar-refractivity contribution is 0.0233. The summed E-state index contributed by atoms with van der Waals surface area (Å²) in [6, 6.07) is 6.03. The maximum atomic E-state index is 9.74. The lowest BCUT2D eigenvalue weighted by atomic mass is 10.1. The average molecular weight is 366 g/mol. The van der Waals surface area contributed by atoms with Crippen molar-refractivity contribution >= 4 is 0 Å². The number of β-amino-alcohol motifs (C(OH)–C–C–N with tert-alkyl or cyclic N) is 1. The SMILES string of the molecule is CCCCCC(CN1CC[C@@H](O)C1)OCCc1ccc(OC)c(OC)c1. The van der Waals surface area contributed by atoms with Crippen molar-refractivity contribution in [1.82, 2.24) is 4.90 Å². The normalized spacial score (nSPS) is 18.8. The van der Waals surface area contributed by atoms with Crippen LogP contribution in [-0.4, -0.2) is 62.7 Å². The van der Waals surface area contributed by atoms with Crippen LogP contribution in [0.25, 0.3) is 0 Å². The minimum atomic E-state index is -0.168. The van der Waals surface area contributed by atoms with Crippen molar-refractivity contribution in [3.05, 3.63) is 23.8 Å². The van der Waals surface area contributed by atoms with Gasteiger partial charge in [-0.3, -0.25) is 4.90 Å². The number of unbranched alkanes of at least 4 members (excludes halogenated alkanes) is 2. The third-order valence-corrected chi connectivity index (χ3v) is 5.03. The molecular weight excluding hydrogens is 330 g/mol. The van der Waals surface area contributed by atoms with Crippen molar-refractivity contribution in [3.8, 4) is 11.5 Å². The Labute approximate surface area is 158 Å². The molecule has 0 bridgehead atoms. The first kappa shape index (κ1) is 21.0. The van der Waals surface area contributed by atoms with E-state index in [1.807, 2.05) is 12.1 Å². The van der Waals surface area contributed by atoms with E-state index in [1.165, 1.54) is 24.8 Å². The van der Waals surface area contributed by atoms with Crippen LogP contribution in [0.1, 0.15) is 44.6 Å². The highest BCUT2D eigenvalue weighted by atomic mass is 16.5. The molecule has 5 heteroatoms. The average Bonchev–Trinajstić information content (AvgIpc) is 3.06. The highest BCUT2D eigenvalue weighted by Crippen LogP contribution is 2.27. The number of methoxy groups -OCH3 is 2. The zero-order valence-electron chi connectivity index (χ0n) is 16.6. The van der Waals surface area contributed by atoms with Gasteiger partial charge in [-0.05, 0) is 37.0 Å². The van der Waals surface area contributed by atoms with Gasteiger partial charge in [0, 0.05) is 19.6 Å². The molecule has 1 saturated heterocycles. The molecule has 0 radical (unpaired) electrons. The fourth-order valence-corrected chi connectivity index (χ4v) is 3.49. The summed E-state index contributed by atoms with van der Waals surface area (Å²) in [7, 11) is 3.31. The fourth-order valence-electron chi connectivity index (χ4n) is 3.49. The van der Waals surface area contributed by atoms with E-state index < -0.39 is 0 Å². The molecule has 148 valence electrons. The van der Waals surface area contributed by atoms with Crippen LogP contribution in [0.3, 0.4) is 0 Å². The quantitative estimate of drug-likeness (QED) is 0.576. The molecule has 0 saturated carbocycles. The Kier molecular flexibility index (Phi) is 9.23. The minimum Gasteiger partial charge on any atom is -0.493 e. The Morgan fingerprint density at radius 1 is 1.19 bits per heavy atom. The van der Waals surface area contributed by atoms with Gasteiger partial charge in [0.25, 0.3) is 0 Å². The minimum absolute atomic E-state index is 0.168. The van der Waals surface area contributed by atoms with E-state index in [2.05, 4.69) is 17.9 Å². The number of hydrogen-bond donors (Lipinski definition) is 1. The number of nitrogens with zero attached hydrogens (tertiary/aromatic N) is 1. The van der Waals surface area contributed by atoms with E-state index in [1.54, 1.807) is 14.2 Å². The second kappa shape index (κ2) is 11.4. The molecule has 26 heavy (non-hydrogen) atoms. The molecule has 1 fully saturated rings. The van der Waals surface area contributed by atoms with Gasteiger partial charge in [0.05, 0.1) is 33.0 Å². The van der Waals surface area contributed by atoms with Crippen molar-refractivity contribution in [3.63, 3.8) is 0 Å². The molecule has 1 aromatic carbocycles. The van der Waals surface area contributed by atoms with E-state index in [9.17, 15) is 5.11 Å². The predicted octanol–water partition coefficient (Wildman–Crippen LogP) is 3.28. The van der Waals surface area contributed by atoms with Gasteiger partial charge in [-0.1, -0.05) is 32.3 Å². The molecule has 0 spiro atoms. The molecule has 1 aromatic rings. The summed E-state index contributed by atoms with van der Waals surface area (Å²) in [4.78, 5) is 2.33. The van der Waals surface area contributed by atoms with Crippen LogP contribution in [0.5, 0.6) is 11.5 Å². The molecule has 0 aromatic heterocycles. The number of aliphatic hydroxyl groups is 1. The number of benzene rings is 1. The number of likely N-dealkylation sites (tertiary alicyclic amines) is 1. The van der Waals surface area contributed by atoms with E-state index >= 15 is 0 Å². The van der Waals surface area contributed by atoms with Crippen LogP contribution in [0.4, 0.5) is 0 Å². The van der Waals surface area contributed by atoms with Gasteiger partial charge in [-0.15, -0.1) is 0 Å². The summed E-state index contributed by atoms with van der Waals surface area (Å²) >= 11 is 0. The molecule has 0 amide bonds. The zero-order chi connectivity index (χ0) is 18.8. The smallest absolute Gasteiger partial charge is 0.160 e. The van der Waals surface area contributed by atoms with E-state index in [0.29, 0.717) is 6.61 Å². The highest BCUT2D eigenvalue weighted by Gasteiger charge is 2.23. The Bertz CT molecular complexity index is 523. The van der Waals surface area contributed by atoms with Crippen LogP contribution in [0, 0.1) is 0 Å². The molecule has 1 N–H and O–H groups in total. The predicted molar refractivity (Wildman–Crippen MR) is 104 cm³/mol. The second-order valence-electron chi connectivity index (χ2n) is 7.13. The third-order valence-electron chi connectivity index (χ3n) is 5.03. The van der Waals surface area contributed by atoms with Crippen molar-refractivity contribution in [1.29, 1.82) is 0 Å². The molecule has 1 aliphatic heterocycles. The Morgan fingerprint density at radius 3 is 2.65 bits per heavy atom. The standard InChI is InChI=1S/C21H35NO4/c1-4-5-6-7-19(16-22-12-10-18(23)15-22)26-13-11-17-8-9-20(24-2)21(14-17)25-3/h8-9,14,18-19,23H,4-7,10-13,15-16H2,1-3H3/t18-,19?/m1/s1. The highest BCUT2D eigenvalue weighted by molar-refractivity contribution is 5.42. The van der Waals surface area contributed by atoms with Gasteiger partial charge in [0.15, 0.2) is 11.5 Å². The largest absolute Gasteiger partial charge is 0.493 e. The molecule has 1 unspecified atom stereocenters. The molecule has 1 heterocycles. The van der Waals surface area contributed by atoms with Crippen LogP contribution < -0.4 is 9.47 Å². The monoisotopic (exact) mass is 365 g/mol. The van der Waals surface area contributed by atoms with Crippen molar-refractivity contribution in [2.45, 2.75) is 57.7 Å². The van der Waals surface area contributed by atoms with Gasteiger partial charge in [0.1, 0.15) is 0 Å². The Hall–Kier alpha value is -1.30. The van der Waals surface area contributed by atoms with E-state index in [-0.39, 0.29) is 12.2 Å². The first-order valence-corrected chi connectivity index (χ1v) is 9.89. The summed E-state index contributed by atoms with van der Waals surface area (Å²) in [5.74, 6) is 1.51. The summed E-state index contributed by atoms with van der Waals surface area (Å²) < 4.78 is 16.9. The number of aliphatic hydroxyl groups excluding tert-OH is 1. The van der Waals surface area contributed by atoms with E-state index in [0.717, 1.165) is 50.4 Å². The van der Waals surface area contributed by atoms with Gasteiger partial charge >= 0.3 is 0 Å². The molecule has 2 rings (SSSR count). The lowest BCUT2D eigenvalue weighted by Gasteiger charge is -2.24. The maximum Gasteiger partial charge on any atom is 0.160 e. The van der Waals surface area contributed by atoms with Crippen molar-refractivity contribution < 1.29 is 19.3 Å². The van der Waals surface area contributed by atoms with Crippen LogP contribution >= 0.6 is 0 Å². The van der Waals surface area contributed by atoms with Crippen molar-refractivity contribution in [2.24, 2.45) is 0 Å². The van der Waals surface area contributed by atoms with Gasteiger partial charge in [-0.25, -0.2) is 0 Å². The van der Waals surface area contributed by atoms with Crippen LogP contribution in [-0.2, 0) is 11.2 Å². The van der Waals surface area contributed by atoms with Crippen LogP contribution in [0.2, 0.25) is 0 Å². The molecule has 0 aliphatic carbocycles.